The van der Waals surface area contributed by atoms with Crippen molar-refractivity contribution in [2.75, 3.05) is 62.4 Å². The van der Waals surface area contributed by atoms with Gasteiger partial charge in [0.2, 0.25) is 59.1 Å². The summed E-state index contributed by atoms with van der Waals surface area (Å²) in [6.07, 6.45) is 3.65. The van der Waals surface area contributed by atoms with Crippen molar-refractivity contribution in [2.45, 2.75) is 247 Å². The second kappa shape index (κ2) is 38.5. The van der Waals surface area contributed by atoms with Crippen LogP contribution in [0.5, 0.6) is 0 Å². The van der Waals surface area contributed by atoms with Crippen molar-refractivity contribution >= 4 is 76.7 Å². The molecule has 1 saturated heterocycles. The molecule has 0 aliphatic carbocycles. The van der Waals surface area contributed by atoms with Gasteiger partial charge in [0.15, 0.2) is 4.87 Å². The Kier molecular flexibility index (Phi) is 35.3. The van der Waals surface area contributed by atoms with Crippen LogP contribution < -0.4 is 26.6 Å². The third kappa shape index (κ3) is 23.0. The van der Waals surface area contributed by atoms with Crippen LogP contribution in [0.1, 0.15) is 176 Å². The van der Waals surface area contributed by atoms with Crippen molar-refractivity contribution < 1.29 is 57.8 Å². The molecule has 1 rings (SSSR count). The topological polar surface area (TPSA) is 291 Å². The quantitative estimate of drug-likeness (QED) is 0.0714. The first-order chi connectivity index (χ1) is 42.5. The van der Waals surface area contributed by atoms with Crippen LogP contribution in [0.2, 0.25) is 0 Å². The highest BCUT2D eigenvalue weighted by Gasteiger charge is 2.55. The summed E-state index contributed by atoms with van der Waals surface area (Å²) in [5.74, 6) is -10.0. The lowest BCUT2D eigenvalue weighted by Gasteiger charge is -2.49. The number of amides is 11. The van der Waals surface area contributed by atoms with Crippen LogP contribution in [0.4, 0.5) is 0 Å². The smallest absolute Gasteiger partial charge is 0.259 e. The van der Waals surface area contributed by atoms with Gasteiger partial charge < -0.3 is 66.0 Å². The van der Waals surface area contributed by atoms with Crippen molar-refractivity contribution in [2.24, 2.45) is 41.4 Å². The van der Waals surface area contributed by atoms with Gasteiger partial charge in [-0.3, -0.25) is 52.7 Å². The third-order valence-corrected chi connectivity index (χ3v) is 19.2. The molecule has 0 spiro atoms. The molecule has 0 aromatic rings. The summed E-state index contributed by atoms with van der Waals surface area (Å²) >= 11 is 1.15. The van der Waals surface area contributed by atoms with Gasteiger partial charge in [-0.1, -0.05) is 116 Å². The van der Waals surface area contributed by atoms with E-state index in [0.717, 1.165) is 28.0 Å². The Morgan fingerprint density at radius 3 is 1.48 bits per heavy atom. The Balaban J connectivity index is 4.59. The zero-order valence-electron chi connectivity index (χ0n) is 60.9. The summed E-state index contributed by atoms with van der Waals surface area (Å²) in [7, 11) is 10.0. The summed E-state index contributed by atoms with van der Waals surface area (Å²) in [6, 6.07) is -11.3. The molecule has 0 bridgehead atoms. The van der Waals surface area contributed by atoms with Gasteiger partial charge >= 0.3 is 0 Å². The first kappa shape index (κ1) is 84.2. The predicted molar refractivity (Wildman–Crippen MR) is 363 cm³/mol. The van der Waals surface area contributed by atoms with E-state index in [1.54, 1.807) is 47.6 Å². The van der Waals surface area contributed by atoms with E-state index in [4.69, 9.17) is 0 Å². The minimum absolute atomic E-state index is 0.00678. The van der Waals surface area contributed by atoms with E-state index in [1.807, 2.05) is 82.2 Å². The molecule has 24 nitrogen and oxygen atoms in total. The maximum Gasteiger partial charge on any atom is 0.259 e. The molecule has 25 heteroatoms. The molecule has 0 saturated carbocycles. The first-order valence-electron chi connectivity index (χ1n) is 33.3. The Hall–Kier alpha value is -5.82. The van der Waals surface area contributed by atoms with Crippen molar-refractivity contribution in [3.63, 3.8) is 0 Å². The van der Waals surface area contributed by atoms with Crippen LogP contribution >= 0.6 is 11.8 Å². The number of carbonyl (C=O) groups is 11. The number of rotatable bonds is 20. The number of allylic oxidation sites excluding steroid dienone is 2. The van der Waals surface area contributed by atoms with E-state index in [0.29, 0.717) is 13.0 Å². The third-order valence-electron chi connectivity index (χ3n) is 17.4. The van der Waals surface area contributed by atoms with Gasteiger partial charge in [0.1, 0.15) is 54.4 Å². The van der Waals surface area contributed by atoms with Gasteiger partial charge in [-0.25, -0.2) is 0 Å². The van der Waals surface area contributed by atoms with Gasteiger partial charge in [-0.2, -0.15) is 0 Å². The van der Waals surface area contributed by atoms with E-state index >= 15 is 19.2 Å². The van der Waals surface area contributed by atoms with Crippen molar-refractivity contribution in [1.82, 2.24) is 60.9 Å². The average Bonchev–Trinajstić information content (AvgIpc) is 0.761. The van der Waals surface area contributed by atoms with Crippen molar-refractivity contribution in [3.8, 4) is 0 Å². The van der Waals surface area contributed by atoms with Crippen LogP contribution in [0, 0.1) is 41.4 Å². The first-order valence-corrected chi connectivity index (χ1v) is 34.2. The van der Waals surface area contributed by atoms with Crippen molar-refractivity contribution in [3.05, 3.63) is 12.2 Å². The molecule has 92 heavy (non-hydrogen) atoms. The fraction of sp³-hybridized carbons (Fsp3) is 0.806. The van der Waals surface area contributed by atoms with Crippen molar-refractivity contribution in [1.29, 1.82) is 0 Å². The Labute approximate surface area is 556 Å². The lowest BCUT2D eigenvalue weighted by Crippen LogP contribution is -2.68. The molecule has 13 atom stereocenters. The molecule has 0 radical (unpaired) electrons. The number of aliphatic hydroxyl groups excluding tert-OH is 1. The zero-order chi connectivity index (χ0) is 71.3. The number of nitrogens with one attached hydrogen (secondary N) is 5. The number of likely N-dealkylation sites (N-methyl/N-ethyl adjacent to an activating group) is 7. The maximum absolute atomic E-state index is 16.2. The summed E-state index contributed by atoms with van der Waals surface area (Å²) in [6.45, 7) is 33.9. The maximum atomic E-state index is 16.2. The largest absolute Gasteiger partial charge is 0.390 e. The van der Waals surface area contributed by atoms with E-state index in [-0.39, 0.29) is 55.8 Å². The number of hydrogen-bond donors (Lipinski definition) is 6. The summed E-state index contributed by atoms with van der Waals surface area (Å²) < 4.78 is 0. The highest BCUT2D eigenvalue weighted by molar-refractivity contribution is 8.01. The minimum Gasteiger partial charge on any atom is -0.390 e. The summed E-state index contributed by atoms with van der Waals surface area (Å²) in [4.78, 5) is 171. The molecular formula is C67H122N12O12S. The Morgan fingerprint density at radius 2 is 1.01 bits per heavy atom. The van der Waals surface area contributed by atoms with Crippen LogP contribution in [-0.4, -0.2) is 238 Å². The number of nitrogens with zero attached hydrogens (tertiary/aromatic N) is 7. The molecule has 11 amide bonds. The lowest BCUT2D eigenvalue weighted by atomic mass is 9.91. The standard InChI is InChI=1S/C67H122N12O12S/c1-27-30-31-44(16)56(81)55-60(85)71-48(29-3)62(87)73(20)37-53(80)74(21)49(33-38(4)5)59(84)72-54(42(12)13)65(90)75(22)50(34-39(6)7)58(83)69-45(17)57(82)70-46(18)61(86)76(23)51(35-40(8)9)63(88)77(24)52(36-41(10)11)64(89)79(26)67(43(14)15,66(91)78(55)25)92-47(19)68-32-28-2/h27,30,38-52,54-56,68,81H,28-29,31-37H2,1-26H3,(H,69,83)(H,70,82)(H,71,85)(H,72,84)/b30-27+/t44-,45+,46-,47?,48+,49+,50+,51+,52+,54+,55+,56-,67+/m1/s1. The molecule has 0 aromatic heterocycles. The molecular weight excluding hydrogens is 1200 g/mol. The predicted octanol–water partition coefficient (Wildman–Crippen LogP) is 4.68. The Morgan fingerprint density at radius 1 is 0.554 bits per heavy atom. The van der Waals surface area contributed by atoms with Crippen LogP contribution in [-0.2, 0) is 52.7 Å². The molecule has 1 heterocycles. The monoisotopic (exact) mass is 1320 g/mol. The number of aliphatic hydroxyl groups is 1. The average molecular weight is 1320 g/mol. The molecule has 1 aliphatic rings. The van der Waals surface area contributed by atoms with Gasteiger partial charge in [-0.15, -0.1) is 11.8 Å². The molecule has 1 unspecified atom stereocenters. The molecule has 528 valence electrons. The number of thioether (sulfide) groups is 1. The van der Waals surface area contributed by atoms with Crippen LogP contribution in [0.15, 0.2) is 12.2 Å². The van der Waals surface area contributed by atoms with Gasteiger partial charge in [-0.05, 0) is 121 Å². The molecule has 1 fully saturated rings. The van der Waals surface area contributed by atoms with E-state index in [9.17, 15) is 38.7 Å². The highest BCUT2D eigenvalue weighted by Crippen LogP contribution is 2.42. The summed E-state index contributed by atoms with van der Waals surface area (Å²) in [5, 5.41) is 26.5. The molecule has 1 aliphatic heterocycles. The van der Waals surface area contributed by atoms with Gasteiger partial charge in [0.05, 0.1) is 18.0 Å². The summed E-state index contributed by atoms with van der Waals surface area (Å²) in [5.41, 5.74) is 0. The highest BCUT2D eigenvalue weighted by atomic mass is 32.2. The van der Waals surface area contributed by atoms with Crippen LogP contribution in [0.25, 0.3) is 0 Å². The van der Waals surface area contributed by atoms with Gasteiger partial charge in [0, 0.05) is 49.3 Å². The fourth-order valence-electron chi connectivity index (χ4n) is 11.5. The Bertz CT molecular complexity index is 2510. The number of carbonyl (C=O) groups excluding carboxylic acids is 11. The lowest BCUT2D eigenvalue weighted by molar-refractivity contribution is -0.159. The SMILES string of the molecule is C/C=C/C[C@@H](C)[C@@H](O)[C@H]1C(=O)N[C@@H](CC)C(=O)N(C)CC(=O)N(C)[C@@H](CC(C)C)C(=O)N[C@@H](C(C)C)C(=O)N(C)[C@@H](CC(C)C)C(=O)N[C@@H](C)C(=O)N[C@H](C)C(=O)N(C)[C@@H](CC(C)C)C(=O)N(C)[C@@H](CC(C)C)C(=O)N(C)[C@](SC(C)NCCC)(C(C)C)C(=O)N1C. The normalized spacial score (nSPS) is 26.9. The fourth-order valence-corrected chi connectivity index (χ4v) is 13.0. The van der Waals surface area contributed by atoms with E-state index < -0.39 is 160 Å². The number of hydrogen-bond acceptors (Lipinski definition) is 14. The second-order valence-electron chi connectivity index (χ2n) is 27.9. The van der Waals surface area contributed by atoms with Gasteiger partial charge in [0.25, 0.3) is 5.91 Å². The van der Waals surface area contributed by atoms with E-state index in [1.165, 1.54) is 87.7 Å². The second-order valence-corrected chi connectivity index (χ2v) is 29.4. The minimum atomic E-state index is -1.87. The molecule has 0 aromatic carbocycles. The molecule has 6 N–H and O–H groups in total. The van der Waals surface area contributed by atoms with E-state index in [2.05, 4.69) is 26.6 Å². The van der Waals surface area contributed by atoms with Crippen LogP contribution in [0.3, 0.4) is 0 Å². The zero-order valence-corrected chi connectivity index (χ0v) is 61.7.